The zero-order valence-electron chi connectivity index (χ0n) is 6.38. The van der Waals surface area contributed by atoms with Crippen LogP contribution >= 0.6 is 23.2 Å². The second-order valence-electron chi connectivity index (χ2n) is 2.27. The summed E-state index contributed by atoms with van der Waals surface area (Å²) in [7, 11) is 0. The first-order valence-electron chi connectivity index (χ1n) is 3.34. The Labute approximate surface area is 84.6 Å². The molecule has 0 fully saturated rings. The molecule has 0 radical (unpaired) electrons. The third-order valence-corrected chi connectivity index (χ3v) is 1.67. The Balaban J connectivity index is 2.89. The van der Waals surface area contributed by atoms with Crippen molar-refractivity contribution in [3.05, 3.63) is 28.2 Å². The number of carbonyl (C=O) groups excluding carboxylic acids is 2. The molecule has 1 amide bonds. The fourth-order valence-corrected chi connectivity index (χ4v) is 1.32. The van der Waals surface area contributed by atoms with Crippen molar-refractivity contribution in [1.82, 2.24) is 0 Å². The first-order valence-corrected chi connectivity index (χ1v) is 4.09. The van der Waals surface area contributed by atoms with Gasteiger partial charge in [0.25, 0.3) is 5.91 Å². The summed E-state index contributed by atoms with van der Waals surface area (Å²) in [6.07, 6.45) is 0.175. The highest BCUT2D eigenvalue weighted by molar-refractivity contribution is 6.35. The second kappa shape index (κ2) is 4.25. The van der Waals surface area contributed by atoms with Crippen LogP contribution in [-0.4, -0.2) is 12.2 Å². The van der Waals surface area contributed by atoms with E-state index in [0.29, 0.717) is 15.7 Å². The van der Waals surface area contributed by atoms with Crippen molar-refractivity contribution < 1.29 is 9.59 Å². The van der Waals surface area contributed by atoms with Crippen molar-refractivity contribution >= 4 is 41.1 Å². The van der Waals surface area contributed by atoms with Crippen molar-refractivity contribution in [2.24, 2.45) is 0 Å². The molecule has 0 unspecified atom stereocenters. The number of halogens is 2. The highest BCUT2D eigenvalue weighted by atomic mass is 35.5. The molecule has 0 bridgehead atoms. The lowest BCUT2D eigenvalue weighted by Crippen LogP contribution is -2.11. The predicted molar refractivity (Wildman–Crippen MR) is 51.2 cm³/mol. The minimum Gasteiger partial charge on any atom is -0.320 e. The van der Waals surface area contributed by atoms with Gasteiger partial charge in [0.2, 0.25) is 6.29 Å². The van der Waals surface area contributed by atoms with Gasteiger partial charge in [-0.15, -0.1) is 0 Å². The van der Waals surface area contributed by atoms with Gasteiger partial charge >= 0.3 is 0 Å². The van der Waals surface area contributed by atoms with Crippen molar-refractivity contribution in [2.75, 3.05) is 5.32 Å². The van der Waals surface area contributed by atoms with Crippen LogP contribution in [-0.2, 0) is 9.59 Å². The lowest BCUT2D eigenvalue weighted by Gasteiger charge is -2.01. The van der Waals surface area contributed by atoms with Crippen LogP contribution in [0.15, 0.2) is 18.2 Å². The van der Waals surface area contributed by atoms with Crippen molar-refractivity contribution in [3.8, 4) is 0 Å². The maximum atomic E-state index is 10.6. The van der Waals surface area contributed by atoms with Gasteiger partial charge in [-0.25, -0.2) is 0 Å². The number of aldehydes is 1. The monoisotopic (exact) mass is 217 g/mol. The summed E-state index contributed by atoms with van der Waals surface area (Å²) in [6, 6.07) is 4.52. The smallest absolute Gasteiger partial charge is 0.288 e. The molecule has 0 aromatic heterocycles. The van der Waals surface area contributed by atoms with Crippen molar-refractivity contribution in [2.45, 2.75) is 0 Å². The number of anilines is 1. The first kappa shape index (κ1) is 10.0. The van der Waals surface area contributed by atoms with E-state index in [-0.39, 0.29) is 6.29 Å². The Hall–Kier alpha value is -1.06. The molecule has 5 heteroatoms. The van der Waals surface area contributed by atoms with Crippen LogP contribution in [0.4, 0.5) is 5.69 Å². The van der Waals surface area contributed by atoms with Gasteiger partial charge in [0.05, 0.1) is 0 Å². The molecule has 13 heavy (non-hydrogen) atoms. The van der Waals surface area contributed by atoms with Gasteiger partial charge in [-0.3, -0.25) is 9.59 Å². The lowest BCUT2D eigenvalue weighted by molar-refractivity contribution is -0.127. The first-order chi connectivity index (χ1) is 6.11. The number of benzene rings is 1. The van der Waals surface area contributed by atoms with E-state index in [1.54, 1.807) is 0 Å². The SMILES string of the molecule is O=CC(=O)Nc1cc(Cl)cc(Cl)c1. The topological polar surface area (TPSA) is 46.2 Å². The molecular weight excluding hydrogens is 213 g/mol. The van der Waals surface area contributed by atoms with E-state index in [2.05, 4.69) is 5.32 Å². The van der Waals surface area contributed by atoms with Crippen LogP contribution in [0, 0.1) is 0 Å². The van der Waals surface area contributed by atoms with Gasteiger partial charge < -0.3 is 5.32 Å². The molecule has 1 N–H and O–H groups in total. The molecule has 0 saturated heterocycles. The van der Waals surface area contributed by atoms with E-state index in [1.165, 1.54) is 18.2 Å². The number of nitrogens with one attached hydrogen (secondary N) is 1. The largest absolute Gasteiger partial charge is 0.320 e. The number of carbonyl (C=O) groups is 2. The quantitative estimate of drug-likeness (QED) is 0.610. The molecule has 0 saturated carbocycles. The molecule has 1 aromatic rings. The van der Waals surface area contributed by atoms with Crippen molar-refractivity contribution in [3.63, 3.8) is 0 Å². The molecule has 1 aromatic carbocycles. The second-order valence-corrected chi connectivity index (χ2v) is 3.14. The maximum Gasteiger partial charge on any atom is 0.288 e. The van der Waals surface area contributed by atoms with Crippen LogP contribution in [0.25, 0.3) is 0 Å². The molecule has 68 valence electrons. The summed E-state index contributed by atoms with van der Waals surface area (Å²) in [5, 5.41) is 3.09. The fraction of sp³-hybridized carbons (Fsp3) is 0. The van der Waals surface area contributed by atoms with Crippen LogP contribution in [0.3, 0.4) is 0 Å². The Kier molecular flexibility index (Phi) is 3.28. The predicted octanol–water partition coefficient (Wildman–Crippen LogP) is 2.13. The molecule has 0 heterocycles. The van der Waals surface area contributed by atoms with E-state index >= 15 is 0 Å². The van der Waals surface area contributed by atoms with E-state index in [4.69, 9.17) is 23.2 Å². The minimum atomic E-state index is -0.738. The van der Waals surface area contributed by atoms with E-state index in [1.807, 2.05) is 0 Å². The molecule has 0 aliphatic heterocycles. The van der Waals surface area contributed by atoms with Crippen molar-refractivity contribution in [1.29, 1.82) is 0 Å². The average Bonchev–Trinajstić information content (AvgIpc) is 2.02. The third kappa shape index (κ3) is 3.05. The number of hydrogen-bond acceptors (Lipinski definition) is 2. The van der Waals surface area contributed by atoms with Crippen LogP contribution in [0.1, 0.15) is 0 Å². The summed E-state index contributed by atoms with van der Waals surface area (Å²) in [5.74, 6) is -0.738. The van der Waals surface area contributed by atoms with E-state index in [9.17, 15) is 9.59 Å². The molecule has 3 nitrogen and oxygen atoms in total. The Morgan fingerprint density at radius 2 is 1.77 bits per heavy atom. The number of rotatable bonds is 2. The molecular formula is C8H5Cl2NO2. The highest BCUT2D eigenvalue weighted by Crippen LogP contribution is 2.22. The van der Waals surface area contributed by atoms with E-state index in [0.717, 1.165) is 0 Å². The Morgan fingerprint density at radius 1 is 1.23 bits per heavy atom. The van der Waals surface area contributed by atoms with Crippen LogP contribution in [0.5, 0.6) is 0 Å². The van der Waals surface area contributed by atoms with Gasteiger partial charge in [0.15, 0.2) is 0 Å². The molecule has 1 rings (SSSR count). The normalized spacial score (nSPS) is 9.38. The number of amides is 1. The average molecular weight is 218 g/mol. The summed E-state index contributed by atoms with van der Waals surface area (Å²) in [5.41, 5.74) is 0.398. The van der Waals surface area contributed by atoms with Gasteiger partial charge in [0, 0.05) is 15.7 Å². The van der Waals surface area contributed by atoms with Gasteiger partial charge in [0.1, 0.15) is 0 Å². The molecule has 0 aliphatic carbocycles. The summed E-state index contributed by atoms with van der Waals surface area (Å²) in [4.78, 5) is 20.6. The Bertz CT molecular complexity index is 332. The summed E-state index contributed by atoms with van der Waals surface area (Å²) < 4.78 is 0. The fourth-order valence-electron chi connectivity index (χ4n) is 0.798. The summed E-state index contributed by atoms with van der Waals surface area (Å²) >= 11 is 11.3. The van der Waals surface area contributed by atoms with Gasteiger partial charge in [-0.1, -0.05) is 23.2 Å². The van der Waals surface area contributed by atoms with Crippen LogP contribution in [0.2, 0.25) is 10.0 Å². The lowest BCUT2D eigenvalue weighted by atomic mass is 10.3. The third-order valence-electron chi connectivity index (χ3n) is 1.24. The van der Waals surface area contributed by atoms with E-state index < -0.39 is 5.91 Å². The minimum absolute atomic E-state index is 0.175. The zero-order valence-corrected chi connectivity index (χ0v) is 7.89. The highest BCUT2D eigenvalue weighted by Gasteiger charge is 2.01. The van der Waals surface area contributed by atoms with Crippen LogP contribution < -0.4 is 5.32 Å². The molecule has 0 aliphatic rings. The van der Waals surface area contributed by atoms with Gasteiger partial charge in [-0.2, -0.15) is 0 Å². The summed E-state index contributed by atoms with van der Waals surface area (Å²) in [6.45, 7) is 0. The zero-order chi connectivity index (χ0) is 9.84. The standard InChI is InChI=1S/C8H5Cl2NO2/c9-5-1-6(10)3-7(2-5)11-8(13)4-12/h1-4H,(H,11,13). The number of hydrogen-bond donors (Lipinski definition) is 1. The molecule has 0 atom stereocenters. The van der Waals surface area contributed by atoms with Gasteiger partial charge in [-0.05, 0) is 18.2 Å². The maximum absolute atomic E-state index is 10.6. The molecule has 0 spiro atoms. The Morgan fingerprint density at radius 3 is 2.23 bits per heavy atom.